The molecule has 0 heterocycles. The van der Waals surface area contributed by atoms with Gasteiger partial charge in [0.15, 0.2) is 6.54 Å². The molecule has 0 bridgehead atoms. The standard InChI is InChI=1S/C19H24N2O2/c1-4-21(13-16-9-6-5-8-15(16)2)14-19(22)20-17-10-7-11-18(12-17)23-3/h5-12H,4,13-14H2,1-3H3,(H,20,22)/p+1. The molecule has 2 rings (SSSR count). The molecule has 2 N–H and O–H groups in total. The van der Waals surface area contributed by atoms with Crippen LogP contribution in [0.25, 0.3) is 0 Å². The zero-order valence-corrected chi connectivity index (χ0v) is 14.1. The molecular weight excluding hydrogens is 288 g/mol. The van der Waals surface area contributed by atoms with Crippen LogP contribution in [0, 0.1) is 6.92 Å². The van der Waals surface area contributed by atoms with Gasteiger partial charge in [-0.05, 0) is 31.5 Å². The number of amides is 1. The molecule has 0 saturated carbocycles. The van der Waals surface area contributed by atoms with E-state index in [1.807, 2.05) is 36.4 Å². The molecule has 1 atom stereocenters. The van der Waals surface area contributed by atoms with Crippen LogP contribution in [0.1, 0.15) is 18.1 Å². The quantitative estimate of drug-likeness (QED) is 0.821. The van der Waals surface area contributed by atoms with Gasteiger partial charge in [0.2, 0.25) is 0 Å². The maximum absolute atomic E-state index is 12.3. The second-order valence-corrected chi connectivity index (χ2v) is 5.66. The second kappa shape index (κ2) is 8.34. The van der Waals surface area contributed by atoms with E-state index in [1.165, 1.54) is 16.0 Å². The number of hydrogen-bond acceptors (Lipinski definition) is 2. The highest BCUT2D eigenvalue weighted by Gasteiger charge is 2.14. The van der Waals surface area contributed by atoms with E-state index >= 15 is 0 Å². The van der Waals surface area contributed by atoms with E-state index in [2.05, 4.69) is 31.3 Å². The average molecular weight is 313 g/mol. The molecule has 4 nitrogen and oxygen atoms in total. The van der Waals surface area contributed by atoms with Gasteiger partial charge in [-0.1, -0.05) is 30.3 Å². The third-order valence-electron chi connectivity index (χ3n) is 3.97. The maximum atomic E-state index is 12.3. The first kappa shape index (κ1) is 17.0. The highest BCUT2D eigenvalue weighted by Crippen LogP contribution is 2.16. The summed E-state index contributed by atoms with van der Waals surface area (Å²) >= 11 is 0. The predicted octanol–water partition coefficient (Wildman–Crippen LogP) is 2.05. The summed E-state index contributed by atoms with van der Waals surface area (Å²) in [5, 5.41) is 2.94. The Morgan fingerprint density at radius 3 is 2.65 bits per heavy atom. The molecule has 0 aliphatic carbocycles. The third kappa shape index (κ3) is 5.11. The Morgan fingerprint density at radius 1 is 1.17 bits per heavy atom. The number of nitrogens with one attached hydrogen (secondary N) is 2. The van der Waals surface area contributed by atoms with Gasteiger partial charge in [0.05, 0.1) is 13.7 Å². The van der Waals surface area contributed by atoms with Crippen molar-refractivity contribution in [1.29, 1.82) is 0 Å². The highest BCUT2D eigenvalue weighted by atomic mass is 16.5. The predicted molar refractivity (Wildman–Crippen MR) is 92.9 cm³/mol. The van der Waals surface area contributed by atoms with E-state index in [0.29, 0.717) is 6.54 Å². The van der Waals surface area contributed by atoms with E-state index in [9.17, 15) is 4.79 Å². The van der Waals surface area contributed by atoms with Crippen LogP contribution in [0.2, 0.25) is 0 Å². The summed E-state index contributed by atoms with van der Waals surface area (Å²) < 4.78 is 5.17. The number of carbonyl (C=O) groups is 1. The Kier molecular flexibility index (Phi) is 6.18. The molecule has 4 heteroatoms. The van der Waals surface area contributed by atoms with Crippen molar-refractivity contribution in [3.05, 3.63) is 59.7 Å². The summed E-state index contributed by atoms with van der Waals surface area (Å²) in [5.74, 6) is 0.756. The van der Waals surface area contributed by atoms with Crippen LogP contribution in [0.4, 0.5) is 5.69 Å². The lowest BCUT2D eigenvalue weighted by Crippen LogP contribution is -3.11. The lowest BCUT2D eigenvalue weighted by Gasteiger charge is -2.18. The van der Waals surface area contributed by atoms with Gasteiger partial charge in [-0.15, -0.1) is 0 Å². The lowest BCUT2D eigenvalue weighted by atomic mass is 10.1. The minimum Gasteiger partial charge on any atom is -0.497 e. The molecule has 0 radical (unpaired) electrons. The fraction of sp³-hybridized carbons (Fsp3) is 0.316. The lowest BCUT2D eigenvalue weighted by molar-refractivity contribution is -0.903. The van der Waals surface area contributed by atoms with Crippen molar-refractivity contribution in [3.63, 3.8) is 0 Å². The number of carbonyl (C=O) groups excluding carboxylic acids is 1. The van der Waals surface area contributed by atoms with Crippen molar-refractivity contribution in [2.45, 2.75) is 20.4 Å². The van der Waals surface area contributed by atoms with Crippen LogP contribution in [0.5, 0.6) is 5.75 Å². The molecule has 2 aromatic rings. The summed E-state index contributed by atoms with van der Waals surface area (Å²) in [7, 11) is 1.62. The van der Waals surface area contributed by atoms with Crippen LogP contribution in [-0.2, 0) is 11.3 Å². The molecule has 0 fully saturated rings. The van der Waals surface area contributed by atoms with Gasteiger partial charge in [-0.2, -0.15) is 0 Å². The Morgan fingerprint density at radius 2 is 1.96 bits per heavy atom. The smallest absolute Gasteiger partial charge is 0.279 e. The first-order valence-corrected chi connectivity index (χ1v) is 7.94. The summed E-state index contributed by atoms with van der Waals surface area (Å²) in [6.07, 6.45) is 0. The van der Waals surface area contributed by atoms with Crippen LogP contribution in [0.3, 0.4) is 0 Å². The highest BCUT2D eigenvalue weighted by molar-refractivity contribution is 5.91. The largest absolute Gasteiger partial charge is 0.497 e. The molecule has 23 heavy (non-hydrogen) atoms. The molecule has 0 spiro atoms. The Hall–Kier alpha value is -2.33. The minimum absolute atomic E-state index is 0.0173. The number of benzene rings is 2. The second-order valence-electron chi connectivity index (χ2n) is 5.66. The Balaban J connectivity index is 1.95. The number of anilines is 1. The molecule has 1 amide bonds. The monoisotopic (exact) mass is 313 g/mol. The van der Waals surface area contributed by atoms with Gasteiger partial charge >= 0.3 is 0 Å². The summed E-state index contributed by atoms with van der Waals surface area (Å²) in [5.41, 5.74) is 3.32. The van der Waals surface area contributed by atoms with Gasteiger partial charge in [0, 0.05) is 17.3 Å². The Bertz CT molecular complexity index is 655. The molecule has 2 aromatic carbocycles. The maximum Gasteiger partial charge on any atom is 0.279 e. The molecule has 1 unspecified atom stereocenters. The molecule has 0 aromatic heterocycles. The SMILES string of the molecule is CC[NH+](CC(=O)Nc1cccc(OC)c1)Cc1ccccc1C. The zero-order chi connectivity index (χ0) is 16.7. The van der Waals surface area contributed by atoms with Gasteiger partial charge < -0.3 is 15.0 Å². The van der Waals surface area contributed by atoms with Crippen LogP contribution < -0.4 is 15.0 Å². The molecule has 0 aliphatic rings. The van der Waals surface area contributed by atoms with E-state index in [-0.39, 0.29) is 5.91 Å². The number of quaternary nitrogens is 1. The van der Waals surface area contributed by atoms with Crippen molar-refractivity contribution in [3.8, 4) is 5.75 Å². The first-order valence-electron chi connectivity index (χ1n) is 7.94. The number of hydrogen-bond donors (Lipinski definition) is 2. The number of ether oxygens (including phenoxy) is 1. The van der Waals surface area contributed by atoms with E-state index in [4.69, 9.17) is 4.74 Å². The van der Waals surface area contributed by atoms with Gasteiger partial charge in [0.25, 0.3) is 5.91 Å². The average Bonchev–Trinajstić information content (AvgIpc) is 2.56. The summed E-state index contributed by atoms with van der Waals surface area (Å²) in [4.78, 5) is 13.5. The number of likely N-dealkylation sites (N-methyl/N-ethyl adjacent to an activating group) is 1. The van der Waals surface area contributed by atoms with Crippen LogP contribution in [0.15, 0.2) is 48.5 Å². The number of rotatable bonds is 7. The van der Waals surface area contributed by atoms with Gasteiger partial charge in [-0.25, -0.2) is 0 Å². The third-order valence-corrected chi connectivity index (χ3v) is 3.97. The van der Waals surface area contributed by atoms with Gasteiger partial charge in [-0.3, -0.25) is 4.79 Å². The van der Waals surface area contributed by atoms with E-state index in [1.54, 1.807) is 7.11 Å². The van der Waals surface area contributed by atoms with Crippen LogP contribution >= 0.6 is 0 Å². The molecule has 0 aliphatic heterocycles. The number of aryl methyl sites for hydroxylation is 1. The van der Waals surface area contributed by atoms with Crippen molar-refractivity contribution >= 4 is 11.6 Å². The van der Waals surface area contributed by atoms with Crippen molar-refractivity contribution in [1.82, 2.24) is 0 Å². The van der Waals surface area contributed by atoms with Crippen LogP contribution in [-0.4, -0.2) is 26.1 Å². The topological polar surface area (TPSA) is 42.8 Å². The summed E-state index contributed by atoms with van der Waals surface area (Å²) in [6.45, 7) is 6.42. The fourth-order valence-electron chi connectivity index (χ4n) is 2.52. The Labute approximate surface area is 138 Å². The molecule has 0 saturated heterocycles. The normalized spacial score (nSPS) is 11.8. The number of methoxy groups -OCH3 is 1. The van der Waals surface area contributed by atoms with Crippen molar-refractivity contribution in [2.24, 2.45) is 0 Å². The molecule has 122 valence electrons. The summed E-state index contributed by atoms with van der Waals surface area (Å²) in [6, 6.07) is 15.7. The first-order chi connectivity index (χ1) is 11.1. The van der Waals surface area contributed by atoms with E-state index < -0.39 is 0 Å². The van der Waals surface area contributed by atoms with Crippen molar-refractivity contribution in [2.75, 3.05) is 25.5 Å². The van der Waals surface area contributed by atoms with Gasteiger partial charge in [0.1, 0.15) is 12.3 Å². The molecular formula is C19H25N2O2+. The fourth-order valence-corrected chi connectivity index (χ4v) is 2.52. The minimum atomic E-state index is 0.0173. The van der Waals surface area contributed by atoms with E-state index in [0.717, 1.165) is 24.5 Å². The zero-order valence-electron chi connectivity index (χ0n) is 14.1. The van der Waals surface area contributed by atoms with Crippen molar-refractivity contribution < 1.29 is 14.4 Å².